The van der Waals surface area contributed by atoms with Crippen molar-refractivity contribution in [3.63, 3.8) is 0 Å². The molecule has 3 heterocycles. The molecule has 0 aliphatic carbocycles. The topological polar surface area (TPSA) is 26.5 Å². The standard InChI is InChI=1S/C13H16N2O/c1-8-4-5-12-14-11-6-9(2)16-10(3)13(11)15(12)7-8/h4-5,7,9-10H,6H2,1-3H3. The predicted octanol–water partition coefficient (Wildman–Crippen LogP) is 2.66. The number of hydrogen-bond donors (Lipinski definition) is 0. The SMILES string of the molecule is Cc1ccc2nc3c(n2c1)C(C)OC(C)C3. The molecule has 0 saturated carbocycles. The molecule has 2 aromatic heterocycles. The molecule has 3 rings (SSSR count). The summed E-state index contributed by atoms with van der Waals surface area (Å²) in [6.45, 7) is 6.31. The summed E-state index contributed by atoms with van der Waals surface area (Å²) in [5, 5.41) is 0. The molecule has 84 valence electrons. The minimum Gasteiger partial charge on any atom is -0.369 e. The van der Waals surface area contributed by atoms with Gasteiger partial charge in [-0.3, -0.25) is 0 Å². The van der Waals surface area contributed by atoms with E-state index in [0.29, 0.717) is 0 Å². The van der Waals surface area contributed by atoms with Crippen LogP contribution in [-0.4, -0.2) is 15.5 Å². The molecule has 1 aliphatic heterocycles. The van der Waals surface area contributed by atoms with Gasteiger partial charge < -0.3 is 9.14 Å². The van der Waals surface area contributed by atoms with Crippen LogP contribution in [-0.2, 0) is 11.2 Å². The lowest BCUT2D eigenvalue weighted by molar-refractivity contribution is -0.00833. The van der Waals surface area contributed by atoms with Crippen molar-refractivity contribution in [1.29, 1.82) is 0 Å². The van der Waals surface area contributed by atoms with Crippen molar-refractivity contribution >= 4 is 5.65 Å². The van der Waals surface area contributed by atoms with Gasteiger partial charge in [0.05, 0.1) is 23.6 Å². The average Bonchev–Trinajstić information content (AvgIpc) is 2.54. The van der Waals surface area contributed by atoms with Crippen LogP contribution in [0.1, 0.15) is 36.9 Å². The summed E-state index contributed by atoms with van der Waals surface area (Å²) in [4.78, 5) is 4.68. The molecule has 0 bridgehead atoms. The number of ether oxygens (including phenoxy) is 1. The fourth-order valence-corrected chi connectivity index (χ4v) is 2.53. The van der Waals surface area contributed by atoms with E-state index in [4.69, 9.17) is 4.74 Å². The number of fused-ring (bicyclic) bond motifs is 3. The van der Waals surface area contributed by atoms with Crippen LogP contribution in [0.2, 0.25) is 0 Å². The first-order chi connectivity index (χ1) is 7.65. The van der Waals surface area contributed by atoms with Crippen LogP contribution in [0.3, 0.4) is 0 Å². The van der Waals surface area contributed by atoms with E-state index in [1.54, 1.807) is 0 Å². The Morgan fingerprint density at radius 1 is 1.38 bits per heavy atom. The largest absolute Gasteiger partial charge is 0.369 e. The molecule has 0 amide bonds. The van der Waals surface area contributed by atoms with Crippen LogP contribution in [0.25, 0.3) is 5.65 Å². The van der Waals surface area contributed by atoms with Crippen molar-refractivity contribution in [2.45, 2.75) is 39.4 Å². The Hall–Kier alpha value is -1.35. The van der Waals surface area contributed by atoms with Crippen LogP contribution < -0.4 is 0 Å². The molecule has 0 N–H and O–H groups in total. The molecule has 3 nitrogen and oxygen atoms in total. The number of nitrogens with zero attached hydrogens (tertiary/aromatic N) is 2. The van der Waals surface area contributed by atoms with Gasteiger partial charge in [-0.1, -0.05) is 6.07 Å². The zero-order valence-electron chi connectivity index (χ0n) is 9.90. The second-order valence-electron chi connectivity index (χ2n) is 4.67. The summed E-state index contributed by atoms with van der Waals surface area (Å²) in [5.74, 6) is 0. The second-order valence-corrected chi connectivity index (χ2v) is 4.67. The van der Waals surface area contributed by atoms with Crippen LogP contribution in [0.15, 0.2) is 18.3 Å². The molecule has 0 saturated heterocycles. The molecule has 0 spiro atoms. The third kappa shape index (κ3) is 1.35. The number of aromatic nitrogens is 2. The van der Waals surface area contributed by atoms with Crippen LogP contribution >= 0.6 is 0 Å². The first kappa shape index (κ1) is 9.85. The highest BCUT2D eigenvalue weighted by Crippen LogP contribution is 2.30. The lowest BCUT2D eigenvalue weighted by atomic mass is 10.1. The predicted molar refractivity (Wildman–Crippen MR) is 62.6 cm³/mol. The van der Waals surface area contributed by atoms with E-state index in [1.807, 2.05) is 0 Å². The molecule has 2 unspecified atom stereocenters. The summed E-state index contributed by atoms with van der Waals surface area (Å²) in [5.41, 5.74) is 4.69. The van der Waals surface area contributed by atoms with Crippen LogP contribution in [0.5, 0.6) is 0 Å². The van der Waals surface area contributed by atoms with Crippen LogP contribution in [0.4, 0.5) is 0 Å². The lowest BCUT2D eigenvalue weighted by Gasteiger charge is -2.25. The molecule has 16 heavy (non-hydrogen) atoms. The summed E-state index contributed by atoms with van der Waals surface area (Å²) in [7, 11) is 0. The number of pyridine rings is 1. The van der Waals surface area contributed by atoms with E-state index >= 15 is 0 Å². The Balaban J connectivity index is 2.27. The number of imidazole rings is 1. The molecule has 0 radical (unpaired) electrons. The van der Waals surface area contributed by atoms with E-state index in [0.717, 1.165) is 12.1 Å². The third-order valence-electron chi connectivity index (χ3n) is 3.18. The van der Waals surface area contributed by atoms with Crippen molar-refractivity contribution in [2.75, 3.05) is 0 Å². The Labute approximate surface area is 95.1 Å². The van der Waals surface area contributed by atoms with Crippen molar-refractivity contribution < 1.29 is 4.74 Å². The monoisotopic (exact) mass is 216 g/mol. The quantitative estimate of drug-likeness (QED) is 0.676. The van der Waals surface area contributed by atoms with Gasteiger partial charge in [0, 0.05) is 12.6 Å². The summed E-state index contributed by atoms with van der Waals surface area (Å²) < 4.78 is 8.03. The first-order valence-corrected chi connectivity index (χ1v) is 5.78. The number of rotatable bonds is 0. The maximum atomic E-state index is 5.86. The lowest BCUT2D eigenvalue weighted by Crippen LogP contribution is -2.22. The fourth-order valence-electron chi connectivity index (χ4n) is 2.53. The summed E-state index contributed by atoms with van der Waals surface area (Å²) in [6.07, 6.45) is 3.46. The van der Waals surface area contributed by atoms with E-state index in [-0.39, 0.29) is 12.2 Å². The minimum absolute atomic E-state index is 0.135. The van der Waals surface area contributed by atoms with Crippen molar-refractivity contribution in [3.05, 3.63) is 35.3 Å². The maximum Gasteiger partial charge on any atom is 0.137 e. The smallest absolute Gasteiger partial charge is 0.137 e. The van der Waals surface area contributed by atoms with Gasteiger partial charge in [0.15, 0.2) is 0 Å². The summed E-state index contributed by atoms with van der Waals surface area (Å²) >= 11 is 0. The van der Waals surface area contributed by atoms with E-state index in [1.165, 1.54) is 17.0 Å². The highest BCUT2D eigenvalue weighted by Gasteiger charge is 2.26. The first-order valence-electron chi connectivity index (χ1n) is 5.78. The minimum atomic E-state index is 0.135. The molecule has 0 aromatic carbocycles. The Morgan fingerprint density at radius 2 is 2.19 bits per heavy atom. The van der Waals surface area contributed by atoms with Crippen molar-refractivity contribution in [1.82, 2.24) is 9.38 Å². The molecule has 1 aliphatic rings. The van der Waals surface area contributed by atoms with Gasteiger partial charge in [0.2, 0.25) is 0 Å². The van der Waals surface area contributed by atoms with Gasteiger partial charge >= 0.3 is 0 Å². The highest BCUT2D eigenvalue weighted by atomic mass is 16.5. The van der Waals surface area contributed by atoms with Crippen molar-refractivity contribution in [3.8, 4) is 0 Å². The van der Waals surface area contributed by atoms with Crippen LogP contribution in [0, 0.1) is 6.92 Å². The number of hydrogen-bond acceptors (Lipinski definition) is 2. The fraction of sp³-hybridized carbons (Fsp3) is 0.462. The van der Waals surface area contributed by atoms with Crippen molar-refractivity contribution in [2.24, 2.45) is 0 Å². The van der Waals surface area contributed by atoms with Gasteiger partial charge in [-0.15, -0.1) is 0 Å². The highest BCUT2D eigenvalue weighted by molar-refractivity contribution is 5.45. The second kappa shape index (κ2) is 3.32. The van der Waals surface area contributed by atoms with E-state index in [2.05, 4.69) is 48.5 Å². The zero-order chi connectivity index (χ0) is 11.3. The average molecular weight is 216 g/mol. The number of aryl methyl sites for hydroxylation is 1. The van der Waals surface area contributed by atoms with E-state index in [9.17, 15) is 0 Å². The Bertz CT molecular complexity index is 544. The summed E-state index contributed by atoms with van der Waals surface area (Å²) in [6, 6.07) is 4.17. The molecular weight excluding hydrogens is 200 g/mol. The van der Waals surface area contributed by atoms with Gasteiger partial charge in [-0.2, -0.15) is 0 Å². The third-order valence-corrected chi connectivity index (χ3v) is 3.18. The van der Waals surface area contributed by atoms with Gasteiger partial charge in [0.25, 0.3) is 0 Å². The van der Waals surface area contributed by atoms with Gasteiger partial charge in [-0.05, 0) is 32.4 Å². The molecule has 0 fully saturated rings. The normalized spacial score (nSPS) is 24.7. The molecule has 2 atom stereocenters. The Kier molecular flexibility index (Phi) is 2.04. The molecular formula is C13H16N2O. The van der Waals surface area contributed by atoms with E-state index < -0.39 is 0 Å². The molecule has 2 aromatic rings. The maximum absolute atomic E-state index is 5.86. The van der Waals surface area contributed by atoms with Gasteiger partial charge in [0.1, 0.15) is 5.65 Å². The zero-order valence-corrected chi connectivity index (χ0v) is 9.90. The molecule has 3 heteroatoms. The Morgan fingerprint density at radius 3 is 3.00 bits per heavy atom. The van der Waals surface area contributed by atoms with Gasteiger partial charge in [-0.25, -0.2) is 4.98 Å².